The van der Waals surface area contributed by atoms with E-state index in [2.05, 4.69) is 20.6 Å². The summed E-state index contributed by atoms with van der Waals surface area (Å²) >= 11 is 0. The summed E-state index contributed by atoms with van der Waals surface area (Å²) in [6, 6.07) is 28.7. The minimum atomic E-state index is -0.520. The Kier molecular flexibility index (Phi) is 6.23. The van der Waals surface area contributed by atoms with Crippen LogP contribution < -0.4 is 21.1 Å². The summed E-state index contributed by atoms with van der Waals surface area (Å²) in [6.45, 7) is 0. The summed E-state index contributed by atoms with van der Waals surface area (Å²) in [5.41, 5.74) is 7.64. The molecule has 5 rings (SSSR count). The molecule has 0 fully saturated rings. The first-order valence-corrected chi connectivity index (χ1v) is 11.1. The van der Waals surface area contributed by atoms with Crippen molar-refractivity contribution in [1.29, 1.82) is 0 Å². The van der Waals surface area contributed by atoms with Gasteiger partial charge in [-0.2, -0.15) is 4.98 Å². The molecular weight excluding hydrogens is 454 g/mol. The van der Waals surface area contributed by atoms with Crippen LogP contribution in [0.15, 0.2) is 103 Å². The molecule has 0 saturated carbocycles. The molecule has 5 aromatic rings. The van der Waals surface area contributed by atoms with Crippen molar-refractivity contribution in [3.63, 3.8) is 0 Å². The zero-order chi connectivity index (χ0) is 24.9. The molecule has 8 nitrogen and oxygen atoms in total. The van der Waals surface area contributed by atoms with Gasteiger partial charge in [0, 0.05) is 34.8 Å². The molecule has 0 aliphatic carbocycles. The van der Waals surface area contributed by atoms with Crippen LogP contribution in [0.2, 0.25) is 0 Å². The Balaban J connectivity index is 1.34. The van der Waals surface area contributed by atoms with Gasteiger partial charge in [-0.05, 0) is 65.4 Å². The molecule has 36 heavy (non-hydrogen) atoms. The minimum absolute atomic E-state index is 0.188. The number of hydrogen-bond donors (Lipinski definition) is 3. The lowest BCUT2D eigenvalue weighted by Gasteiger charge is -2.11. The fraction of sp³-hybridized carbons (Fsp3) is 0. The highest BCUT2D eigenvalue weighted by molar-refractivity contribution is 6.13. The Hall–Kier alpha value is -5.24. The van der Waals surface area contributed by atoms with Crippen LogP contribution in [0.4, 0.5) is 17.3 Å². The zero-order valence-electron chi connectivity index (χ0n) is 19.0. The van der Waals surface area contributed by atoms with Gasteiger partial charge in [-0.25, -0.2) is 4.98 Å². The highest BCUT2D eigenvalue weighted by Gasteiger charge is 2.12. The monoisotopic (exact) mass is 475 g/mol. The Labute approximate surface area is 206 Å². The van der Waals surface area contributed by atoms with E-state index in [9.17, 15) is 9.59 Å². The van der Waals surface area contributed by atoms with Crippen molar-refractivity contribution in [2.75, 3.05) is 10.6 Å². The average molecular weight is 476 g/mol. The Morgan fingerprint density at radius 3 is 2.44 bits per heavy atom. The fourth-order valence-corrected chi connectivity index (χ4v) is 3.70. The number of anilines is 3. The van der Waals surface area contributed by atoms with Crippen LogP contribution in [-0.4, -0.2) is 21.8 Å². The van der Waals surface area contributed by atoms with Crippen molar-refractivity contribution in [3.8, 4) is 11.6 Å². The number of carbonyl (C=O) groups is 2. The topological polar surface area (TPSA) is 119 Å². The average Bonchev–Trinajstić information content (AvgIpc) is 2.89. The number of fused-ring (bicyclic) bond motifs is 1. The molecule has 0 saturated heterocycles. The molecule has 8 heteroatoms. The smallest absolute Gasteiger partial charge is 0.256 e. The van der Waals surface area contributed by atoms with Gasteiger partial charge in [-0.1, -0.05) is 36.4 Å². The maximum absolute atomic E-state index is 12.9. The second-order valence-electron chi connectivity index (χ2n) is 7.90. The summed E-state index contributed by atoms with van der Waals surface area (Å²) in [6.07, 6.45) is 1.57. The normalized spacial score (nSPS) is 10.6. The SMILES string of the molecule is NC(=O)c1cccc(Nc2nccc(Oc3ccc4c(C(=O)Nc5ccccc5)cccc4c3)n2)c1. The van der Waals surface area contributed by atoms with Crippen molar-refractivity contribution in [1.82, 2.24) is 9.97 Å². The van der Waals surface area contributed by atoms with E-state index in [0.717, 1.165) is 16.5 Å². The molecule has 0 atom stereocenters. The lowest BCUT2D eigenvalue weighted by molar-refractivity contribution is 0.0997. The summed E-state index contributed by atoms with van der Waals surface area (Å²) < 4.78 is 5.96. The number of primary amides is 1. The van der Waals surface area contributed by atoms with Crippen molar-refractivity contribution in [3.05, 3.63) is 114 Å². The minimum Gasteiger partial charge on any atom is -0.439 e. The first-order valence-electron chi connectivity index (χ1n) is 11.1. The third kappa shape index (κ3) is 5.13. The fourth-order valence-electron chi connectivity index (χ4n) is 3.70. The van der Waals surface area contributed by atoms with E-state index in [1.54, 1.807) is 48.7 Å². The van der Waals surface area contributed by atoms with Crippen LogP contribution in [0.1, 0.15) is 20.7 Å². The molecule has 4 aromatic carbocycles. The number of aromatic nitrogens is 2. The van der Waals surface area contributed by atoms with Crippen molar-refractivity contribution in [2.24, 2.45) is 5.73 Å². The van der Waals surface area contributed by atoms with E-state index in [1.165, 1.54) is 0 Å². The van der Waals surface area contributed by atoms with Gasteiger partial charge in [-0.3, -0.25) is 9.59 Å². The van der Waals surface area contributed by atoms with Gasteiger partial charge < -0.3 is 21.1 Å². The lowest BCUT2D eigenvalue weighted by Crippen LogP contribution is -2.12. The van der Waals surface area contributed by atoms with Crippen LogP contribution in [0, 0.1) is 0 Å². The summed E-state index contributed by atoms with van der Waals surface area (Å²) in [5.74, 6) is 0.482. The predicted octanol–water partition coefficient (Wildman–Crippen LogP) is 5.52. The van der Waals surface area contributed by atoms with Gasteiger partial charge in [0.25, 0.3) is 5.91 Å². The number of para-hydroxylation sites is 1. The molecule has 0 bridgehead atoms. The van der Waals surface area contributed by atoms with Crippen LogP contribution in [0.5, 0.6) is 11.6 Å². The Bertz CT molecular complexity index is 1570. The van der Waals surface area contributed by atoms with Crippen LogP contribution >= 0.6 is 0 Å². The van der Waals surface area contributed by atoms with Gasteiger partial charge in [0.1, 0.15) is 5.75 Å². The molecule has 1 heterocycles. The van der Waals surface area contributed by atoms with Gasteiger partial charge in [0.2, 0.25) is 17.7 Å². The first-order chi connectivity index (χ1) is 17.5. The van der Waals surface area contributed by atoms with E-state index in [1.807, 2.05) is 54.6 Å². The molecule has 0 radical (unpaired) electrons. The standard InChI is InChI=1S/C28H21N5O3/c29-26(34)19-7-4-10-21(16-19)32-28-30-15-14-25(33-28)36-22-12-13-23-18(17-22)6-5-11-24(23)27(35)31-20-8-2-1-3-9-20/h1-17H,(H2,29,34)(H,31,35)(H,30,32,33). The maximum Gasteiger partial charge on any atom is 0.256 e. The molecular formula is C28H21N5O3. The number of rotatable bonds is 7. The molecule has 1 aromatic heterocycles. The van der Waals surface area contributed by atoms with E-state index in [-0.39, 0.29) is 5.91 Å². The van der Waals surface area contributed by atoms with Crippen molar-refractivity contribution < 1.29 is 14.3 Å². The number of benzene rings is 4. The molecule has 0 unspecified atom stereocenters. The molecule has 0 aliphatic rings. The highest BCUT2D eigenvalue weighted by Crippen LogP contribution is 2.28. The number of hydrogen-bond acceptors (Lipinski definition) is 6. The van der Waals surface area contributed by atoms with Crippen molar-refractivity contribution >= 4 is 39.9 Å². The van der Waals surface area contributed by atoms with E-state index >= 15 is 0 Å². The molecule has 2 amide bonds. The van der Waals surface area contributed by atoms with E-state index in [0.29, 0.717) is 34.4 Å². The Morgan fingerprint density at radius 2 is 1.61 bits per heavy atom. The number of nitrogens with two attached hydrogens (primary N) is 1. The third-order valence-electron chi connectivity index (χ3n) is 5.38. The Morgan fingerprint density at radius 1 is 0.806 bits per heavy atom. The number of carbonyl (C=O) groups excluding carboxylic acids is 2. The van der Waals surface area contributed by atoms with E-state index in [4.69, 9.17) is 10.5 Å². The summed E-state index contributed by atoms with van der Waals surface area (Å²) in [7, 11) is 0. The largest absolute Gasteiger partial charge is 0.439 e. The highest BCUT2D eigenvalue weighted by atomic mass is 16.5. The molecule has 0 spiro atoms. The van der Waals surface area contributed by atoms with E-state index < -0.39 is 5.91 Å². The third-order valence-corrected chi connectivity index (χ3v) is 5.38. The van der Waals surface area contributed by atoms with Gasteiger partial charge >= 0.3 is 0 Å². The second-order valence-corrected chi connectivity index (χ2v) is 7.90. The lowest BCUT2D eigenvalue weighted by atomic mass is 10.0. The van der Waals surface area contributed by atoms with Crippen molar-refractivity contribution in [2.45, 2.75) is 0 Å². The molecule has 176 valence electrons. The van der Waals surface area contributed by atoms with Crippen LogP contribution in [0.25, 0.3) is 10.8 Å². The number of amides is 2. The number of nitrogens with one attached hydrogen (secondary N) is 2. The summed E-state index contributed by atoms with van der Waals surface area (Å²) in [5, 5.41) is 7.62. The number of ether oxygens (including phenoxy) is 1. The zero-order valence-corrected chi connectivity index (χ0v) is 19.0. The number of nitrogens with zero attached hydrogens (tertiary/aromatic N) is 2. The van der Waals surface area contributed by atoms with Gasteiger partial charge in [0.15, 0.2) is 0 Å². The molecule has 4 N–H and O–H groups in total. The quantitative estimate of drug-likeness (QED) is 0.285. The van der Waals surface area contributed by atoms with Gasteiger partial charge in [0.05, 0.1) is 0 Å². The second kappa shape index (κ2) is 9.94. The van der Waals surface area contributed by atoms with Gasteiger partial charge in [-0.15, -0.1) is 0 Å². The first kappa shape index (κ1) is 22.5. The maximum atomic E-state index is 12.9. The van der Waals surface area contributed by atoms with Crippen LogP contribution in [-0.2, 0) is 0 Å². The summed E-state index contributed by atoms with van der Waals surface area (Å²) in [4.78, 5) is 32.9. The van der Waals surface area contributed by atoms with Crippen LogP contribution in [0.3, 0.4) is 0 Å². The predicted molar refractivity (Wildman–Crippen MR) is 139 cm³/mol. The molecule has 0 aliphatic heterocycles.